The molecule has 0 atom stereocenters. The van der Waals surface area contributed by atoms with Gasteiger partial charge in [-0.1, -0.05) is 83.9 Å². The molecule has 2 heterocycles. The Kier molecular flexibility index (Phi) is 5.12. The molecule has 0 saturated carbocycles. The third-order valence-corrected chi connectivity index (χ3v) is 7.70. The maximum Gasteiger partial charge on any atom is 0.0349 e. The summed E-state index contributed by atoms with van der Waals surface area (Å²) in [7, 11) is 0. The van der Waals surface area contributed by atoms with Gasteiger partial charge in [-0.25, -0.2) is 0 Å². The van der Waals surface area contributed by atoms with Crippen LogP contribution in [0.3, 0.4) is 0 Å². The summed E-state index contributed by atoms with van der Waals surface area (Å²) in [4.78, 5) is 5.25. The third-order valence-electron chi connectivity index (χ3n) is 5.34. The summed E-state index contributed by atoms with van der Waals surface area (Å²) >= 11 is 3.70. The highest BCUT2D eigenvalue weighted by molar-refractivity contribution is 7.19. The van der Waals surface area contributed by atoms with Crippen LogP contribution in [0.4, 0.5) is 0 Å². The largest absolute Gasteiger partial charge is 0.135 e. The van der Waals surface area contributed by atoms with Crippen molar-refractivity contribution in [3.05, 3.63) is 108 Å². The smallest absolute Gasteiger partial charge is 0.0349 e. The van der Waals surface area contributed by atoms with E-state index in [0.29, 0.717) is 0 Å². The second kappa shape index (κ2) is 8.06. The molecule has 2 heteroatoms. The molecule has 0 spiro atoms. The molecular weight excluding hydrogens is 400 g/mol. The van der Waals surface area contributed by atoms with Crippen LogP contribution in [0.15, 0.2) is 97.1 Å². The maximum absolute atomic E-state index is 2.24. The first kappa shape index (κ1) is 19.0. The standard InChI is InChI=1S/C28H22S2/c1-19-3-7-21(8-4-19)25-15-17-27(29-25)23-11-13-24(14-12-23)28-18-16-26(30-28)22-9-5-20(2)6-10-22/h3-18H,1-2H3. The van der Waals surface area contributed by atoms with E-state index in [2.05, 4.69) is 111 Å². The lowest BCUT2D eigenvalue weighted by molar-refractivity contribution is 1.48. The first-order valence-corrected chi connectivity index (χ1v) is 11.7. The lowest BCUT2D eigenvalue weighted by atomic mass is 10.1. The van der Waals surface area contributed by atoms with Gasteiger partial charge in [0.25, 0.3) is 0 Å². The van der Waals surface area contributed by atoms with E-state index in [4.69, 9.17) is 0 Å². The van der Waals surface area contributed by atoms with E-state index < -0.39 is 0 Å². The van der Waals surface area contributed by atoms with E-state index in [0.717, 1.165) is 0 Å². The summed E-state index contributed by atoms with van der Waals surface area (Å²) in [6.07, 6.45) is 0. The lowest BCUT2D eigenvalue weighted by Crippen LogP contribution is -1.75. The molecule has 30 heavy (non-hydrogen) atoms. The highest BCUT2D eigenvalue weighted by Gasteiger charge is 2.08. The summed E-state index contributed by atoms with van der Waals surface area (Å²) in [5.41, 5.74) is 7.72. The molecular formula is C28H22S2. The molecule has 0 aliphatic carbocycles. The van der Waals surface area contributed by atoms with Gasteiger partial charge in [-0.15, -0.1) is 22.7 Å². The average Bonchev–Trinajstić information content (AvgIpc) is 3.45. The van der Waals surface area contributed by atoms with E-state index >= 15 is 0 Å². The highest BCUT2D eigenvalue weighted by Crippen LogP contribution is 2.37. The molecule has 0 unspecified atom stereocenters. The van der Waals surface area contributed by atoms with Gasteiger partial charge in [-0.05, 0) is 60.4 Å². The molecule has 0 bridgehead atoms. The maximum atomic E-state index is 2.24. The molecule has 0 aliphatic rings. The fourth-order valence-electron chi connectivity index (χ4n) is 3.53. The van der Waals surface area contributed by atoms with E-state index in [-0.39, 0.29) is 0 Å². The van der Waals surface area contributed by atoms with E-state index in [1.165, 1.54) is 52.9 Å². The van der Waals surface area contributed by atoms with Gasteiger partial charge in [0.05, 0.1) is 0 Å². The van der Waals surface area contributed by atoms with Gasteiger partial charge >= 0.3 is 0 Å². The molecule has 0 fully saturated rings. The fourth-order valence-corrected chi connectivity index (χ4v) is 5.56. The summed E-state index contributed by atoms with van der Waals surface area (Å²) in [6.45, 7) is 4.25. The summed E-state index contributed by atoms with van der Waals surface area (Å²) in [6, 6.07) is 35.4. The molecule has 0 saturated heterocycles. The summed E-state index contributed by atoms with van der Waals surface area (Å²) < 4.78 is 0. The number of benzene rings is 3. The quantitative estimate of drug-likeness (QED) is 0.271. The molecule has 146 valence electrons. The van der Waals surface area contributed by atoms with Gasteiger partial charge in [-0.2, -0.15) is 0 Å². The Balaban J connectivity index is 1.37. The minimum absolute atomic E-state index is 1.28. The van der Waals surface area contributed by atoms with Crippen LogP contribution < -0.4 is 0 Å². The van der Waals surface area contributed by atoms with Gasteiger partial charge < -0.3 is 0 Å². The number of thiophene rings is 2. The minimum atomic E-state index is 1.28. The Morgan fingerprint density at radius 3 is 0.833 bits per heavy atom. The normalized spacial score (nSPS) is 11.0. The van der Waals surface area contributed by atoms with Crippen molar-refractivity contribution in [1.29, 1.82) is 0 Å². The third kappa shape index (κ3) is 3.89. The molecule has 5 aromatic rings. The van der Waals surface area contributed by atoms with Crippen LogP contribution in [-0.2, 0) is 0 Å². The van der Waals surface area contributed by atoms with Crippen LogP contribution in [0, 0.1) is 13.8 Å². The van der Waals surface area contributed by atoms with Crippen LogP contribution in [0.1, 0.15) is 11.1 Å². The zero-order valence-electron chi connectivity index (χ0n) is 17.1. The van der Waals surface area contributed by atoms with Crippen molar-refractivity contribution >= 4 is 22.7 Å². The SMILES string of the molecule is Cc1ccc(-c2ccc(-c3ccc(-c4ccc(-c5ccc(C)cc5)s4)cc3)s2)cc1. The van der Waals surface area contributed by atoms with Crippen LogP contribution in [0.5, 0.6) is 0 Å². The Labute approximate surface area is 186 Å². The highest BCUT2D eigenvalue weighted by atomic mass is 32.1. The second-order valence-corrected chi connectivity index (χ2v) is 9.80. The Morgan fingerprint density at radius 1 is 0.333 bits per heavy atom. The average molecular weight is 423 g/mol. The number of rotatable bonds is 4. The Hall–Kier alpha value is -2.94. The van der Waals surface area contributed by atoms with Crippen molar-refractivity contribution in [3.8, 4) is 41.8 Å². The van der Waals surface area contributed by atoms with Gasteiger partial charge in [-0.3, -0.25) is 0 Å². The van der Waals surface area contributed by atoms with Crippen molar-refractivity contribution in [1.82, 2.24) is 0 Å². The van der Waals surface area contributed by atoms with Crippen LogP contribution >= 0.6 is 22.7 Å². The summed E-state index contributed by atoms with van der Waals surface area (Å²) in [5.74, 6) is 0. The molecule has 3 aromatic carbocycles. The zero-order chi connectivity index (χ0) is 20.5. The van der Waals surface area contributed by atoms with Gasteiger partial charge in [0, 0.05) is 19.5 Å². The monoisotopic (exact) mass is 422 g/mol. The molecule has 0 amide bonds. The molecule has 0 radical (unpaired) electrons. The van der Waals surface area contributed by atoms with Crippen molar-refractivity contribution in [2.45, 2.75) is 13.8 Å². The van der Waals surface area contributed by atoms with Crippen molar-refractivity contribution < 1.29 is 0 Å². The topological polar surface area (TPSA) is 0 Å². The molecule has 5 rings (SSSR count). The van der Waals surface area contributed by atoms with Crippen LogP contribution in [-0.4, -0.2) is 0 Å². The lowest BCUT2D eigenvalue weighted by Gasteiger charge is -2.02. The Morgan fingerprint density at radius 2 is 0.567 bits per heavy atom. The van der Waals surface area contributed by atoms with Crippen molar-refractivity contribution in [3.63, 3.8) is 0 Å². The predicted molar refractivity (Wildman–Crippen MR) is 133 cm³/mol. The zero-order valence-corrected chi connectivity index (χ0v) is 18.7. The first-order valence-electron chi connectivity index (χ1n) is 10.1. The Bertz CT molecular complexity index is 1170. The fraction of sp³-hybridized carbons (Fsp3) is 0.0714. The molecule has 0 N–H and O–H groups in total. The number of hydrogen-bond donors (Lipinski definition) is 0. The van der Waals surface area contributed by atoms with E-state index in [1.54, 1.807) is 0 Å². The first-order chi connectivity index (χ1) is 14.7. The van der Waals surface area contributed by atoms with Gasteiger partial charge in [0.1, 0.15) is 0 Å². The van der Waals surface area contributed by atoms with Gasteiger partial charge in [0.15, 0.2) is 0 Å². The van der Waals surface area contributed by atoms with E-state index in [9.17, 15) is 0 Å². The second-order valence-electron chi connectivity index (χ2n) is 7.64. The minimum Gasteiger partial charge on any atom is -0.135 e. The van der Waals surface area contributed by atoms with Crippen LogP contribution in [0.25, 0.3) is 41.8 Å². The van der Waals surface area contributed by atoms with E-state index in [1.807, 2.05) is 22.7 Å². The van der Waals surface area contributed by atoms with Gasteiger partial charge in [0.2, 0.25) is 0 Å². The summed E-state index contributed by atoms with van der Waals surface area (Å²) in [5, 5.41) is 0. The van der Waals surface area contributed by atoms with Crippen molar-refractivity contribution in [2.75, 3.05) is 0 Å². The van der Waals surface area contributed by atoms with Crippen LogP contribution in [0.2, 0.25) is 0 Å². The van der Waals surface area contributed by atoms with Crippen molar-refractivity contribution in [2.24, 2.45) is 0 Å². The number of aryl methyl sites for hydroxylation is 2. The number of hydrogen-bond acceptors (Lipinski definition) is 2. The molecule has 0 nitrogen and oxygen atoms in total. The molecule has 0 aliphatic heterocycles. The molecule has 2 aromatic heterocycles. The predicted octanol–water partition coefficient (Wildman–Crippen LogP) is 9.09.